The number of carboxylic acid groups (broad SMARTS) is 1. The number of likely N-dealkylation sites (tertiary alicyclic amines) is 1. The summed E-state index contributed by atoms with van der Waals surface area (Å²) in [6.07, 6.45) is 0.315. The molecular weight excluding hydrogens is 250 g/mol. The van der Waals surface area contributed by atoms with Crippen LogP contribution in [-0.4, -0.2) is 54.0 Å². The maximum atomic E-state index is 11.4. The van der Waals surface area contributed by atoms with Crippen LogP contribution >= 0.6 is 0 Å². The Labute approximate surface area is 113 Å². The molecule has 6 nitrogen and oxygen atoms in total. The van der Waals surface area contributed by atoms with Gasteiger partial charge in [-0.3, -0.25) is 0 Å². The van der Waals surface area contributed by atoms with Crippen molar-refractivity contribution in [3.8, 4) is 0 Å². The molecule has 0 saturated carbocycles. The van der Waals surface area contributed by atoms with Crippen LogP contribution in [0.2, 0.25) is 0 Å². The second-order valence-electron chi connectivity index (χ2n) is 5.08. The van der Waals surface area contributed by atoms with E-state index < -0.39 is 11.7 Å². The van der Waals surface area contributed by atoms with Gasteiger partial charge in [0.15, 0.2) is 0 Å². The molecule has 0 aromatic rings. The zero-order valence-electron chi connectivity index (χ0n) is 11.8. The lowest BCUT2D eigenvalue weighted by Gasteiger charge is -2.43. The quantitative estimate of drug-likeness (QED) is 0.772. The molecule has 110 valence electrons. The minimum absolute atomic E-state index is 0.0703. The third-order valence-electron chi connectivity index (χ3n) is 3.72. The molecule has 1 amide bonds. The van der Waals surface area contributed by atoms with E-state index in [9.17, 15) is 9.59 Å². The minimum Gasteiger partial charge on any atom is -0.465 e. The van der Waals surface area contributed by atoms with Gasteiger partial charge in [-0.15, -0.1) is 0 Å². The summed E-state index contributed by atoms with van der Waals surface area (Å²) in [6.45, 7) is 6.96. The third-order valence-corrected chi connectivity index (χ3v) is 3.72. The van der Waals surface area contributed by atoms with Gasteiger partial charge in [-0.1, -0.05) is 13.8 Å². The van der Waals surface area contributed by atoms with Crippen molar-refractivity contribution in [3.63, 3.8) is 0 Å². The average molecular weight is 273 g/mol. The van der Waals surface area contributed by atoms with Crippen LogP contribution in [-0.2, 0) is 14.3 Å². The van der Waals surface area contributed by atoms with Gasteiger partial charge in [-0.2, -0.15) is 0 Å². The van der Waals surface area contributed by atoms with Crippen molar-refractivity contribution in [2.75, 3.05) is 26.3 Å². The summed E-state index contributed by atoms with van der Waals surface area (Å²) in [4.78, 5) is 23.7. The molecule has 1 rings (SSSR count). The molecule has 0 aromatic carbocycles. The van der Waals surface area contributed by atoms with Gasteiger partial charge < -0.3 is 19.5 Å². The Balaban J connectivity index is 2.57. The topological polar surface area (TPSA) is 76.1 Å². The summed E-state index contributed by atoms with van der Waals surface area (Å²) < 4.78 is 10.6. The zero-order chi connectivity index (χ0) is 14.5. The molecule has 1 heterocycles. The normalized spacial score (nSPS) is 18.4. The number of rotatable bonds is 5. The molecule has 1 aliphatic rings. The molecule has 0 atom stereocenters. The highest BCUT2D eigenvalue weighted by molar-refractivity contribution is 5.70. The van der Waals surface area contributed by atoms with Crippen LogP contribution in [0.1, 0.15) is 33.6 Å². The maximum Gasteiger partial charge on any atom is 0.407 e. The van der Waals surface area contributed by atoms with Crippen LogP contribution in [0.4, 0.5) is 4.79 Å². The van der Waals surface area contributed by atoms with Crippen LogP contribution in [0, 0.1) is 5.92 Å². The standard InChI is InChI=1S/C13H23NO5/c1-4-18-11(15)9-19-13(10(2)3)5-7-14(8-6-13)12(16)17/h10H,4-9H2,1-3H3,(H,16,17). The summed E-state index contributed by atoms with van der Waals surface area (Å²) in [5.41, 5.74) is -0.432. The molecule has 0 spiro atoms. The van der Waals surface area contributed by atoms with Crippen molar-refractivity contribution in [3.05, 3.63) is 0 Å². The van der Waals surface area contributed by atoms with Crippen LogP contribution in [0.25, 0.3) is 0 Å². The second kappa shape index (κ2) is 6.75. The molecule has 0 aliphatic carbocycles. The fourth-order valence-electron chi connectivity index (χ4n) is 2.37. The highest BCUT2D eigenvalue weighted by atomic mass is 16.6. The fraction of sp³-hybridized carbons (Fsp3) is 0.846. The van der Waals surface area contributed by atoms with E-state index in [0.29, 0.717) is 32.5 Å². The average Bonchev–Trinajstić information content (AvgIpc) is 2.37. The number of carbonyl (C=O) groups is 2. The van der Waals surface area contributed by atoms with E-state index in [-0.39, 0.29) is 18.5 Å². The van der Waals surface area contributed by atoms with Crippen molar-refractivity contribution in [1.82, 2.24) is 4.90 Å². The van der Waals surface area contributed by atoms with Crippen LogP contribution in [0.5, 0.6) is 0 Å². The predicted molar refractivity (Wildman–Crippen MR) is 69.0 cm³/mol. The Morgan fingerprint density at radius 2 is 1.89 bits per heavy atom. The van der Waals surface area contributed by atoms with Crippen molar-refractivity contribution in [2.24, 2.45) is 5.92 Å². The lowest BCUT2D eigenvalue weighted by molar-refractivity contribution is -0.164. The highest BCUT2D eigenvalue weighted by Crippen LogP contribution is 2.33. The largest absolute Gasteiger partial charge is 0.465 e. The number of hydrogen-bond acceptors (Lipinski definition) is 4. The molecule has 0 bridgehead atoms. The SMILES string of the molecule is CCOC(=O)COC1(C(C)C)CCN(C(=O)O)CC1. The van der Waals surface area contributed by atoms with Gasteiger partial charge >= 0.3 is 12.1 Å². The molecule has 0 unspecified atom stereocenters. The van der Waals surface area contributed by atoms with Crippen molar-refractivity contribution in [2.45, 2.75) is 39.2 Å². The number of esters is 1. The van der Waals surface area contributed by atoms with Crippen LogP contribution in [0.3, 0.4) is 0 Å². The molecule has 1 N–H and O–H groups in total. The number of piperidine rings is 1. The first-order valence-electron chi connectivity index (χ1n) is 6.68. The van der Waals surface area contributed by atoms with Crippen molar-refractivity contribution in [1.29, 1.82) is 0 Å². The molecular formula is C13H23NO5. The van der Waals surface area contributed by atoms with Gasteiger partial charge in [-0.05, 0) is 25.7 Å². The van der Waals surface area contributed by atoms with Gasteiger partial charge in [0.2, 0.25) is 0 Å². The van der Waals surface area contributed by atoms with Crippen LogP contribution in [0.15, 0.2) is 0 Å². The molecule has 1 aliphatic heterocycles. The Morgan fingerprint density at radius 1 is 1.32 bits per heavy atom. The summed E-state index contributed by atoms with van der Waals surface area (Å²) in [7, 11) is 0. The molecule has 19 heavy (non-hydrogen) atoms. The van der Waals surface area contributed by atoms with E-state index in [1.807, 2.05) is 13.8 Å². The predicted octanol–water partition coefficient (Wildman–Crippen LogP) is 1.73. The molecule has 1 saturated heterocycles. The van der Waals surface area contributed by atoms with E-state index in [2.05, 4.69) is 0 Å². The number of carbonyl (C=O) groups excluding carboxylic acids is 1. The number of amides is 1. The maximum absolute atomic E-state index is 11.4. The van der Waals surface area contributed by atoms with Crippen molar-refractivity contribution >= 4 is 12.1 Å². The van der Waals surface area contributed by atoms with Crippen LogP contribution < -0.4 is 0 Å². The van der Waals surface area contributed by atoms with E-state index >= 15 is 0 Å². The minimum atomic E-state index is -0.900. The lowest BCUT2D eigenvalue weighted by atomic mass is 9.81. The Kier molecular flexibility index (Phi) is 5.60. The first-order chi connectivity index (χ1) is 8.91. The van der Waals surface area contributed by atoms with Crippen molar-refractivity contribution < 1.29 is 24.2 Å². The first-order valence-corrected chi connectivity index (χ1v) is 6.68. The molecule has 0 aromatic heterocycles. The fourth-order valence-corrected chi connectivity index (χ4v) is 2.37. The third kappa shape index (κ3) is 4.09. The summed E-state index contributed by atoms with van der Waals surface area (Å²) in [6, 6.07) is 0. The highest BCUT2D eigenvalue weighted by Gasteiger charge is 2.40. The summed E-state index contributed by atoms with van der Waals surface area (Å²) in [5, 5.41) is 8.95. The number of nitrogens with zero attached hydrogens (tertiary/aromatic N) is 1. The summed E-state index contributed by atoms with van der Waals surface area (Å²) >= 11 is 0. The van der Waals surface area contributed by atoms with Gasteiger partial charge in [0.05, 0.1) is 12.2 Å². The molecule has 1 fully saturated rings. The Bertz CT molecular complexity index is 321. The second-order valence-corrected chi connectivity index (χ2v) is 5.08. The van der Waals surface area contributed by atoms with E-state index in [0.717, 1.165) is 0 Å². The van der Waals surface area contributed by atoms with Gasteiger partial charge in [0.25, 0.3) is 0 Å². The monoisotopic (exact) mass is 273 g/mol. The molecule has 6 heteroatoms. The Hall–Kier alpha value is -1.30. The Morgan fingerprint density at radius 3 is 2.32 bits per heavy atom. The first kappa shape index (κ1) is 15.8. The van der Waals surface area contributed by atoms with Gasteiger partial charge in [0, 0.05) is 13.1 Å². The smallest absolute Gasteiger partial charge is 0.407 e. The zero-order valence-corrected chi connectivity index (χ0v) is 11.8. The van der Waals surface area contributed by atoms with E-state index in [4.69, 9.17) is 14.6 Å². The summed E-state index contributed by atoms with van der Waals surface area (Å²) in [5.74, 6) is -0.152. The lowest BCUT2D eigenvalue weighted by Crippen LogP contribution is -2.51. The van der Waals surface area contributed by atoms with E-state index in [1.54, 1.807) is 6.92 Å². The van der Waals surface area contributed by atoms with E-state index in [1.165, 1.54) is 4.90 Å². The molecule has 0 radical (unpaired) electrons. The number of ether oxygens (including phenoxy) is 2. The van der Waals surface area contributed by atoms with Gasteiger partial charge in [-0.25, -0.2) is 9.59 Å². The van der Waals surface area contributed by atoms with Gasteiger partial charge in [0.1, 0.15) is 6.61 Å². The number of hydrogen-bond donors (Lipinski definition) is 1.